The quantitative estimate of drug-likeness (QED) is 0.617. The lowest BCUT2D eigenvalue weighted by Gasteiger charge is -2.13. The number of aromatic nitrogens is 1. The third-order valence-electron chi connectivity index (χ3n) is 1.96. The van der Waals surface area contributed by atoms with E-state index in [1.807, 2.05) is 12.1 Å². The summed E-state index contributed by atoms with van der Waals surface area (Å²) in [4.78, 5) is 18.7. The van der Waals surface area contributed by atoms with E-state index in [4.69, 9.17) is 0 Å². The Morgan fingerprint density at radius 3 is 3.31 bits per heavy atom. The maximum absolute atomic E-state index is 10.3. The highest BCUT2D eigenvalue weighted by Gasteiger charge is 2.13. The van der Waals surface area contributed by atoms with Crippen LogP contribution in [0.15, 0.2) is 23.3 Å². The van der Waals surface area contributed by atoms with Crippen LogP contribution in [-0.4, -0.2) is 23.8 Å². The maximum atomic E-state index is 10.3. The van der Waals surface area contributed by atoms with Crippen molar-refractivity contribution in [1.29, 1.82) is 0 Å². The zero-order valence-corrected chi connectivity index (χ0v) is 7.03. The zero-order chi connectivity index (χ0) is 9.10. The van der Waals surface area contributed by atoms with E-state index >= 15 is 0 Å². The van der Waals surface area contributed by atoms with Crippen LogP contribution in [0.2, 0.25) is 0 Å². The predicted octanol–water partition coefficient (Wildman–Crippen LogP) is 0.130. The monoisotopic (exact) mass is 175 g/mol. The molecule has 0 fully saturated rings. The van der Waals surface area contributed by atoms with Crippen LogP contribution in [0.4, 0.5) is 0 Å². The minimum atomic E-state index is 0.629. The molecule has 0 saturated heterocycles. The van der Waals surface area contributed by atoms with E-state index < -0.39 is 0 Å². The van der Waals surface area contributed by atoms with Crippen LogP contribution in [0.5, 0.6) is 0 Å². The largest absolute Gasteiger partial charge is 0.313 e. The van der Waals surface area contributed by atoms with Gasteiger partial charge >= 0.3 is 0 Å². The first-order chi connectivity index (χ1) is 6.42. The van der Waals surface area contributed by atoms with Gasteiger partial charge in [-0.3, -0.25) is 14.8 Å². The molecule has 2 heterocycles. The molecule has 2 rings (SSSR count). The molecule has 0 radical (unpaired) electrons. The highest BCUT2D eigenvalue weighted by atomic mass is 16.1. The number of amidine groups is 1. The van der Waals surface area contributed by atoms with Gasteiger partial charge in [-0.2, -0.15) is 0 Å². The van der Waals surface area contributed by atoms with E-state index in [0.717, 1.165) is 17.7 Å². The van der Waals surface area contributed by atoms with E-state index in [9.17, 15) is 4.79 Å². The van der Waals surface area contributed by atoms with Crippen molar-refractivity contribution in [2.24, 2.45) is 4.99 Å². The summed E-state index contributed by atoms with van der Waals surface area (Å²) in [7, 11) is 0. The predicted molar refractivity (Wildman–Crippen MR) is 48.5 cm³/mol. The van der Waals surface area contributed by atoms with Gasteiger partial charge in [0.15, 0.2) is 0 Å². The average Bonchev–Trinajstić information content (AvgIpc) is 2.19. The fourth-order valence-electron chi connectivity index (χ4n) is 1.39. The fourth-order valence-corrected chi connectivity index (χ4v) is 1.39. The number of carbonyl (C=O) groups is 1. The molecular weight excluding hydrogens is 166 g/mol. The van der Waals surface area contributed by atoms with Gasteiger partial charge in [-0.15, -0.1) is 0 Å². The lowest BCUT2D eigenvalue weighted by molar-refractivity contribution is -0.108. The fraction of sp³-hybridized carbons (Fsp3) is 0.222. The number of nitrogens with zero attached hydrogens (tertiary/aromatic N) is 2. The molecule has 1 aliphatic rings. The number of nitrogens with one attached hydrogen (secondary N) is 1. The summed E-state index contributed by atoms with van der Waals surface area (Å²) in [5.41, 5.74) is 1.93. The summed E-state index contributed by atoms with van der Waals surface area (Å²) in [6, 6.07) is 3.75. The van der Waals surface area contributed by atoms with Crippen LogP contribution in [0.1, 0.15) is 11.3 Å². The van der Waals surface area contributed by atoms with Crippen LogP contribution in [0.25, 0.3) is 0 Å². The highest BCUT2D eigenvalue weighted by molar-refractivity contribution is 6.05. The standard InChI is InChI=1S/C9H9N3O/c13-6-12-9-7-2-1-4-10-8(7)3-5-11-9/h1-2,4,6H,3,5H2,(H,11,12,13). The molecule has 1 N–H and O–H groups in total. The summed E-state index contributed by atoms with van der Waals surface area (Å²) in [5.74, 6) is 0.629. The molecule has 13 heavy (non-hydrogen) atoms. The second kappa shape index (κ2) is 3.35. The van der Waals surface area contributed by atoms with Crippen LogP contribution in [-0.2, 0) is 11.2 Å². The van der Waals surface area contributed by atoms with E-state index in [0.29, 0.717) is 18.8 Å². The molecule has 1 aromatic heterocycles. The molecule has 0 unspecified atom stereocenters. The number of aliphatic imine (C=N–C) groups is 1. The van der Waals surface area contributed by atoms with Crippen molar-refractivity contribution >= 4 is 12.2 Å². The van der Waals surface area contributed by atoms with Gasteiger partial charge in [0.25, 0.3) is 0 Å². The van der Waals surface area contributed by atoms with Crippen molar-refractivity contribution in [1.82, 2.24) is 10.3 Å². The average molecular weight is 175 g/mol. The first-order valence-corrected chi connectivity index (χ1v) is 4.10. The first kappa shape index (κ1) is 7.91. The molecule has 1 aliphatic heterocycles. The Morgan fingerprint density at radius 1 is 1.54 bits per heavy atom. The zero-order valence-electron chi connectivity index (χ0n) is 7.03. The second-order valence-corrected chi connectivity index (χ2v) is 2.74. The van der Waals surface area contributed by atoms with Gasteiger partial charge in [0.1, 0.15) is 5.84 Å². The third-order valence-corrected chi connectivity index (χ3v) is 1.96. The molecule has 1 amide bonds. The smallest absolute Gasteiger partial charge is 0.212 e. The van der Waals surface area contributed by atoms with Crippen molar-refractivity contribution < 1.29 is 4.79 Å². The van der Waals surface area contributed by atoms with E-state index in [1.165, 1.54) is 0 Å². The summed E-state index contributed by atoms with van der Waals surface area (Å²) >= 11 is 0. The third kappa shape index (κ3) is 1.42. The number of hydrogen-bond acceptors (Lipinski definition) is 3. The lowest BCUT2D eigenvalue weighted by atomic mass is 10.1. The minimum Gasteiger partial charge on any atom is -0.313 e. The molecule has 4 heteroatoms. The molecule has 4 nitrogen and oxygen atoms in total. The summed E-state index contributed by atoms with van der Waals surface area (Å²) < 4.78 is 0. The van der Waals surface area contributed by atoms with Crippen molar-refractivity contribution in [2.45, 2.75) is 6.42 Å². The Morgan fingerprint density at radius 2 is 2.46 bits per heavy atom. The van der Waals surface area contributed by atoms with Gasteiger partial charge in [0.05, 0.1) is 5.69 Å². The summed E-state index contributed by atoms with van der Waals surface area (Å²) in [6.07, 6.45) is 3.24. The Labute approximate surface area is 75.7 Å². The van der Waals surface area contributed by atoms with Crippen molar-refractivity contribution in [3.63, 3.8) is 0 Å². The molecule has 0 spiro atoms. The normalized spacial score (nSPS) is 14.3. The van der Waals surface area contributed by atoms with Crippen LogP contribution in [0.3, 0.4) is 0 Å². The van der Waals surface area contributed by atoms with Gasteiger partial charge in [-0.1, -0.05) is 0 Å². The molecule has 0 bridgehead atoms. The number of amides is 1. The Bertz CT molecular complexity index is 360. The maximum Gasteiger partial charge on any atom is 0.212 e. The molecule has 0 aromatic carbocycles. The number of rotatable bonds is 1. The molecular formula is C9H9N3O. The van der Waals surface area contributed by atoms with E-state index in [2.05, 4.69) is 15.3 Å². The Hall–Kier alpha value is -1.71. The van der Waals surface area contributed by atoms with Gasteiger partial charge in [0, 0.05) is 24.7 Å². The van der Waals surface area contributed by atoms with Crippen LogP contribution < -0.4 is 5.32 Å². The first-order valence-electron chi connectivity index (χ1n) is 4.10. The van der Waals surface area contributed by atoms with Gasteiger partial charge < -0.3 is 5.32 Å². The van der Waals surface area contributed by atoms with Crippen molar-refractivity contribution in [3.05, 3.63) is 29.6 Å². The Kier molecular flexibility index (Phi) is 2.04. The van der Waals surface area contributed by atoms with Crippen molar-refractivity contribution in [2.75, 3.05) is 6.54 Å². The van der Waals surface area contributed by atoms with Crippen LogP contribution in [0, 0.1) is 0 Å². The Balaban J connectivity index is 2.41. The van der Waals surface area contributed by atoms with Crippen LogP contribution >= 0.6 is 0 Å². The number of carbonyl (C=O) groups excluding carboxylic acids is 1. The highest BCUT2D eigenvalue weighted by Crippen LogP contribution is 2.11. The van der Waals surface area contributed by atoms with Gasteiger partial charge in [0.2, 0.25) is 6.41 Å². The van der Waals surface area contributed by atoms with E-state index in [1.54, 1.807) is 6.20 Å². The second-order valence-electron chi connectivity index (χ2n) is 2.74. The van der Waals surface area contributed by atoms with Gasteiger partial charge in [-0.05, 0) is 12.1 Å². The number of fused-ring (bicyclic) bond motifs is 1. The molecule has 66 valence electrons. The number of pyridine rings is 1. The molecule has 0 atom stereocenters. The molecule has 1 aromatic rings. The summed E-state index contributed by atoms with van der Waals surface area (Å²) in [6.45, 7) is 0.695. The number of hydrogen-bond donors (Lipinski definition) is 1. The summed E-state index contributed by atoms with van der Waals surface area (Å²) in [5, 5.41) is 2.57. The van der Waals surface area contributed by atoms with E-state index in [-0.39, 0.29) is 0 Å². The molecule has 0 aliphatic carbocycles. The minimum absolute atomic E-state index is 0.629. The van der Waals surface area contributed by atoms with Gasteiger partial charge in [-0.25, -0.2) is 0 Å². The lowest BCUT2D eigenvalue weighted by Crippen LogP contribution is -2.27. The topological polar surface area (TPSA) is 54.4 Å². The SMILES string of the molecule is O=CNC1=NCCc2ncccc21. The van der Waals surface area contributed by atoms with Crippen molar-refractivity contribution in [3.8, 4) is 0 Å². The molecule has 0 saturated carbocycles.